The number of rotatable bonds is 8. The number of benzene rings is 1. The van der Waals surface area contributed by atoms with Gasteiger partial charge in [0.2, 0.25) is 0 Å². The molecule has 1 aliphatic rings. The second kappa shape index (κ2) is 9.57. The number of amides is 4. The van der Waals surface area contributed by atoms with E-state index in [1.165, 1.54) is 24.0 Å². The molecule has 1 aromatic carbocycles. The first-order valence-electron chi connectivity index (χ1n) is 9.87. The van der Waals surface area contributed by atoms with Crippen LogP contribution in [0.1, 0.15) is 55.3 Å². The largest absolute Gasteiger partial charge is 0.430 e. The predicted molar refractivity (Wildman–Crippen MR) is 108 cm³/mol. The van der Waals surface area contributed by atoms with E-state index in [-0.39, 0.29) is 24.2 Å². The van der Waals surface area contributed by atoms with Crippen LogP contribution in [0.5, 0.6) is 0 Å². The summed E-state index contributed by atoms with van der Waals surface area (Å²) in [6.07, 6.45) is -2.42. The van der Waals surface area contributed by atoms with Crippen molar-refractivity contribution in [2.75, 3.05) is 19.6 Å². The molecule has 0 saturated heterocycles. The van der Waals surface area contributed by atoms with Crippen LogP contribution in [0.4, 0.5) is 9.59 Å². The van der Waals surface area contributed by atoms with Gasteiger partial charge in [0.25, 0.3) is 17.7 Å². The van der Waals surface area contributed by atoms with Gasteiger partial charge >= 0.3 is 12.2 Å². The second-order valence-corrected chi connectivity index (χ2v) is 6.67. The summed E-state index contributed by atoms with van der Waals surface area (Å²) in [4.78, 5) is 52.8. The van der Waals surface area contributed by atoms with Crippen LogP contribution in [0.2, 0.25) is 0 Å². The molecular formula is C20H28N4O6. The van der Waals surface area contributed by atoms with E-state index in [9.17, 15) is 19.2 Å². The number of imide groups is 1. The standard InChI is InChI=1S/C20H28N4O6/c1-6-21-18(27)29-13(4)23(8-3)20(5,30-19(28)22-7-2)24-16(25)14-11-9-10-12-15(14)17(24)26/h9-13H,6-8H2,1-5H3,(H,21,27)(H,22,28). The van der Waals surface area contributed by atoms with Gasteiger partial charge in [-0.2, -0.15) is 0 Å². The predicted octanol–water partition coefficient (Wildman–Crippen LogP) is 2.12. The lowest BCUT2D eigenvalue weighted by Gasteiger charge is -2.45. The Bertz CT molecular complexity index is 794. The Balaban J connectivity index is 2.47. The lowest BCUT2D eigenvalue weighted by Crippen LogP contribution is -2.66. The van der Waals surface area contributed by atoms with Gasteiger partial charge in [0, 0.05) is 26.6 Å². The first-order valence-corrected chi connectivity index (χ1v) is 9.87. The van der Waals surface area contributed by atoms with Crippen LogP contribution in [0, 0.1) is 0 Å². The number of fused-ring (bicyclic) bond motifs is 1. The molecule has 0 aromatic heterocycles. The van der Waals surface area contributed by atoms with E-state index in [0.717, 1.165) is 4.90 Å². The normalized spacial score (nSPS) is 16.0. The van der Waals surface area contributed by atoms with Crippen molar-refractivity contribution in [3.05, 3.63) is 35.4 Å². The number of nitrogens with one attached hydrogen (secondary N) is 2. The zero-order valence-corrected chi connectivity index (χ0v) is 17.9. The van der Waals surface area contributed by atoms with Crippen LogP contribution < -0.4 is 10.6 Å². The molecule has 2 N–H and O–H groups in total. The van der Waals surface area contributed by atoms with Gasteiger partial charge in [-0.25, -0.2) is 19.4 Å². The molecule has 10 nitrogen and oxygen atoms in total. The quantitative estimate of drug-likeness (QED) is 0.489. The molecule has 1 heterocycles. The summed E-state index contributed by atoms with van der Waals surface area (Å²) in [5.41, 5.74) is 0.420. The Morgan fingerprint density at radius 3 is 2.00 bits per heavy atom. The fourth-order valence-corrected chi connectivity index (χ4v) is 3.45. The lowest BCUT2D eigenvalue weighted by molar-refractivity contribution is -0.209. The summed E-state index contributed by atoms with van der Waals surface area (Å²) >= 11 is 0. The summed E-state index contributed by atoms with van der Waals surface area (Å²) in [6, 6.07) is 6.36. The van der Waals surface area contributed by atoms with E-state index < -0.39 is 36.1 Å². The molecule has 2 atom stereocenters. The maximum absolute atomic E-state index is 13.1. The minimum Gasteiger partial charge on any atom is -0.430 e. The van der Waals surface area contributed by atoms with E-state index in [1.807, 2.05) is 0 Å². The van der Waals surface area contributed by atoms with Crippen molar-refractivity contribution >= 4 is 24.0 Å². The van der Waals surface area contributed by atoms with Gasteiger partial charge in [-0.3, -0.25) is 9.59 Å². The van der Waals surface area contributed by atoms with Crippen LogP contribution in [0.3, 0.4) is 0 Å². The van der Waals surface area contributed by atoms with Gasteiger partial charge in [-0.15, -0.1) is 0 Å². The van der Waals surface area contributed by atoms with Crippen molar-refractivity contribution in [1.29, 1.82) is 0 Å². The van der Waals surface area contributed by atoms with E-state index in [4.69, 9.17) is 9.47 Å². The number of carbonyl (C=O) groups is 4. The number of ether oxygens (including phenoxy) is 2. The highest BCUT2D eigenvalue weighted by molar-refractivity contribution is 6.21. The molecule has 30 heavy (non-hydrogen) atoms. The van der Waals surface area contributed by atoms with Gasteiger partial charge in [0.1, 0.15) is 0 Å². The van der Waals surface area contributed by atoms with Crippen molar-refractivity contribution < 1.29 is 28.7 Å². The number of hydrogen-bond donors (Lipinski definition) is 2. The molecule has 1 aliphatic heterocycles. The van der Waals surface area contributed by atoms with Crippen molar-refractivity contribution in [2.45, 2.75) is 46.7 Å². The molecule has 0 bridgehead atoms. The first-order chi connectivity index (χ1) is 14.2. The molecule has 0 fully saturated rings. The topological polar surface area (TPSA) is 117 Å². The van der Waals surface area contributed by atoms with E-state index in [2.05, 4.69) is 10.6 Å². The van der Waals surface area contributed by atoms with Crippen LogP contribution in [0.15, 0.2) is 24.3 Å². The summed E-state index contributed by atoms with van der Waals surface area (Å²) in [7, 11) is 0. The van der Waals surface area contributed by atoms with Crippen LogP contribution in [0.25, 0.3) is 0 Å². The number of nitrogens with zero attached hydrogens (tertiary/aromatic N) is 2. The minimum absolute atomic E-state index is 0.198. The molecule has 0 radical (unpaired) electrons. The van der Waals surface area contributed by atoms with Gasteiger partial charge in [-0.1, -0.05) is 19.1 Å². The molecule has 2 rings (SSSR count). The molecule has 2 unspecified atom stereocenters. The Morgan fingerprint density at radius 2 is 1.53 bits per heavy atom. The zero-order chi connectivity index (χ0) is 22.5. The summed E-state index contributed by atoms with van der Waals surface area (Å²) in [6.45, 7) is 9.01. The minimum atomic E-state index is -1.85. The average Bonchev–Trinajstić information content (AvgIpc) is 2.94. The molecule has 1 aromatic rings. The SMILES string of the molecule is CCNC(=O)OC(C)N(CC)C(C)(OC(=O)NCC)N1C(=O)c2ccccc2C1=O. The molecule has 164 valence electrons. The van der Waals surface area contributed by atoms with E-state index in [0.29, 0.717) is 6.54 Å². The van der Waals surface area contributed by atoms with Gasteiger partial charge in [0.15, 0.2) is 6.23 Å². The van der Waals surface area contributed by atoms with Crippen molar-refractivity contribution in [1.82, 2.24) is 20.4 Å². The highest BCUT2D eigenvalue weighted by atomic mass is 16.6. The highest BCUT2D eigenvalue weighted by Gasteiger charge is 2.53. The Kier molecular flexibility index (Phi) is 7.38. The molecule has 4 amide bonds. The van der Waals surface area contributed by atoms with Crippen LogP contribution >= 0.6 is 0 Å². The van der Waals surface area contributed by atoms with E-state index >= 15 is 0 Å². The van der Waals surface area contributed by atoms with Gasteiger partial charge in [-0.05, 0) is 32.9 Å². The van der Waals surface area contributed by atoms with Crippen molar-refractivity contribution in [2.24, 2.45) is 0 Å². The number of alkyl carbamates (subject to hydrolysis) is 2. The average molecular weight is 420 g/mol. The summed E-state index contributed by atoms with van der Waals surface area (Å²) < 4.78 is 11.0. The van der Waals surface area contributed by atoms with E-state index in [1.54, 1.807) is 39.8 Å². The zero-order valence-electron chi connectivity index (χ0n) is 17.9. The van der Waals surface area contributed by atoms with Crippen molar-refractivity contribution in [3.8, 4) is 0 Å². The van der Waals surface area contributed by atoms with Crippen LogP contribution in [-0.4, -0.2) is 65.5 Å². The third-order valence-corrected chi connectivity index (χ3v) is 4.73. The lowest BCUT2D eigenvalue weighted by atomic mass is 10.1. The van der Waals surface area contributed by atoms with Crippen LogP contribution in [-0.2, 0) is 9.47 Å². The Hall–Kier alpha value is -3.14. The fraction of sp³-hybridized carbons (Fsp3) is 0.500. The molecular weight excluding hydrogens is 392 g/mol. The third kappa shape index (κ3) is 4.38. The Morgan fingerprint density at radius 1 is 1.03 bits per heavy atom. The first kappa shape index (κ1) is 23.1. The molecule has 0 aliphatic carbocycles. The fourth-order valence-electron chi connectivity index (χ4n) is 3.45. The summed E-state index contributed by atoms with van der Waals surface area (Å²) in [5.74, 6) is -3.07. The monoisotopic (exact) mass is 420 g/mol. The number of hydrogen-bond acceptors (Lipinski definition) is 7. The summed E-state index contributed by atoms with van der Waals surface area (Å²) in [5, 5.41) is 5.01. The highest BCUT2D eigenvalue weighted by Crippen LogP contribution is 2.34. The van der Waals surface area contributed by atoms with Crippen molar-refractivity contribution in [3.63, 3.8) is 0 Å². The molecule has 0 saturated carbocycles. The number of carbonyl (C=O) groups excluding carboxylic acids is 4. The second-order valence-electron chi connectivity index (χ2n) is 6.67. The molecule has 10 heteroatoms. The maximum atomic E-state index is 13.1. The Labute approximate surface area is 175 Å². The molecule has 0 spiro atoms. The maximum Gasteiger partial charge on any atom is 0.410 e. The van der Waals surface area contributed by atoms with Gasteiger partial charge in [0.05, 0.1) is 11.1 Å². The van der Waals surface area contributed by atoms with Gasteiger partial charge < -0.3 is 20.1 Å². The third-order valence-electron chi connectivity index (χ3n) is 4.73. The smallest absolute Gasteiger partial charge is 0.410 e.